The van der Waals surface area contributed by atoms with Gasteiger partial charge < -0.3 is 19.5 Å². The van der Waals surface area contributed by atoms with Crippen molar-refractivity contribution in [1.82, 2.24) is 24.8 Å². The molecule has 0 bridgehead atoms. The monoisotopic (exact) mass is 379 g/mol. The second-order valence-electron chi connectivity index (χ2n) is 7.57. The average molecular weight is 379 g/mol. The molecular weight excluding hydrogens is 354 g/mol. The number of hydrogen-bond acceptors (Lipinski definition) is 5. The van der Waals surface area contributed by atoms with Crippen LogP contribution < -0.4 is 4.74 Å². The lowest BCUT2D eigenvalue weighted by Gasteiger charge is -2.30. The van der Waals surface area contributed by atoms with Crippen LogP contribution in [0.2, 0.25) is 0 Å². The van der Waals surface area contributed by atoms with Crippen LogP contribution in [0.1, 0.15) is 41.0 Å². The first-order valence-electron chi connectivity index (χ1n) is 9.50. The van der Waals surface area contributed by atoms with E-state index < -0.39 is 0 Å². The van der Waals surface area contributed by atoms with Gasteiger partial charge in [0.15, 0.2) is 0 Å². The molecule has 7 nitrogen and oxygen atoms in total. The molecule has 1 N–H and O–H groups in total. The summed E-state index contributed by atoms with van der Waals surface area (Å²) in [4.78, 5) is 28.2. The van der Waals surface area contributed by atoms with E-state index in [0.29, 0.717) is 28.8 Å². The van der Waals surface area contributed by atoms with Crippen molar-refractivity contribution in [3.63, 3.8) is 0 Å². The lowest BCUT2D eigenvalue weighted by atomic mass is 9.93. The summed E-state index contributed by atoms with van der Waals surface area (Å²) in [5.41, 5.74) is 3.49. The molecule has 0 aromatic carbocycles. The molecule has 0 fully saturated rings. The zero-order chi connectivity index (χ0) is 19.8. The Bertz CT molecular complexity index is 1030. The van der Waals surface area contributed by atoms with Gasteiger partial charge in [0.2, 0.25) is 0 Å². The molecule has 4 heterocycles. The quantitative estimate of drug-likeness (QED) is 0.752. The van der Waals surface area contributed by atoms with Gasteiger partial charge in [-0.25, -0.2) is 4.98 Å². The van der Waals surface area contributed by atoms with Crippen molar-refractivity contribution in [1.29, 1.82) is 0 Å². The Morgan fingerprint density at radius 3 is 2.93 bits per heavy atom. The number of rotatable bonds is 4. The fourth-order valence-electron chi connectivity index (χ4n) is 3.76. The number of hydrogen-bond donors (Lipinski definition) is 1. The van der Waals surface area contributed by atoms with Gasteiger partial charge in [-0.3, -0.25) is 9.78 Å². The fourth-order valence-corrected chi connectivity index (χ4v) is 3.76. The number of carbonyl (C=O) groups is 1. The van der Waals surface area contributed by atoms with E-state index in [1.807, 2.05) is 0 Å². The Hall–Kier alpha value is -2.93. The highest BCUT2D eigenvalue weighted by atomic mass is 16.5. The maximum absolute atomic E-state index is 12.2. The van der Waals surface area contributed by atoms with Crippen LogP contribution in [-0.2, 0) is 6.54 Å². The standard InChI is InChI=1S/C21H25N5O2/c1-5-13-11-26(4)12-14-8-15(10-23-19(13)14)28-18-6-7-22-20-16(18)9-17(24-20)21(27)25(2)3/h6-10,13H,5,11-12H2,1-4H3,(H,22,24). The van der Waals surface area contributed by atoms with Crippen molar-refractivity contribution in [2.24, 2.45) is 0 Å². The summed E-state index contributed by atoms with van der Waals surface area (Å²) in [6.07, 6.45) is 4.53. The first-order chi connectivity index (χ1) is 13.5. The summed E-state index contributed by atoms with van der Waals surface area (Å²) < 4.78 is 6.15. The molecule has 1 aliphatic heterocycles. The van der Waals surface area contributed by atoms with Gasteiger partial charge in [0.25, 0.3) is 5.91 Å². The van der Waals surface area contributed by atoms with Gasteiger partial charge in [0.05, 0.1) is 11.6 Å². The molecular formula is C21H25N5O2. The topological polar surface area (TPSA) is 74.3 Å². The van der Waals surface area contributed by atoms with Gasteiger partial charge in [-0.05, 0) is 37.2 Å². The molecule has 4 rings (SSSR count). The number of likely N-dealkylation sites (N-methyl/N-ethyl adjacent to an activating group) is 1. The minimum atomic E-state index is -0.104. The van der Waals surface area contributed by atoms with E-state index in [9.17, 15) is 4.79 Å². The van der Waals surface area contributed by atoms with E-state index in [-0.39, 0.29) is 5.91 Å². The first kappa shape index (κ1) is 18.4. The molecule has 3 aromatic rings. The van der Waals surface area contributed by atoms with Gasteiger partial charge in [-0.1, -0.05) is 6.92 Å². The van der Waals surface area contributed by atoms with Crippen LogP contribution in [0.15, 0.2) is 30.6 Å². The predicted molar refractivity (Wildman–Crippen MR) is 108 cm³/mol. The van der Waals surface area contributed by atoms with Gasteiger partial charge >= 0.3 is 0 Å². The van der Waals surface area contributed by atoms with Crippen molar-refractivity contribution in [2.45, 2.75) is 25.8 Å². The highest BCUT2D eigenvalue weighted by Crippen LogP contribution is 2.33. The van der Waals surface area contributed by atoms with Crippen LogP contribution in [-0.4, -0.2) is 58.3 Å². The highest BCUT2D eigenvalue weighted by molar-refractivity contribution is 5.98. The van der Waals surface area contributed by atoms with E-state index in [2.05, 4.69) is 34.9 Å². The fraction of sp³-hybridized carbons (Fsp3) is 0.381. The third kappa shape index (κ3) is 3.33. The van der Waals surface area contributed by atoms with Crippen LogP contribution in [0, 0.1) is 0 Å². The van der Waals surface area contributed by atoms with E-state index in [0.717, 1.165) is 24.9 Å². The maximum Gasteiger partial charge on any atom is 0.269 e. The second-order valence-corrected chi connectivity index (χ2v) is 7.57. The number of aromatic amines is 1. The molecule has 1 aliphatic rings. The van der Waals surface area contributed by atoms with Gasteiger partial charge in [0.1, 0.15) is 22.8 Å². The van der Waals surface area contributed by atoms with Gasteiger partial charge in [-0.15, -0.1) is 0 Å². The number of H-pyrrole nitrogens is 1. The average Bonchev–Trinajstić information content (AvgIpc) is 3.11. The molecule has 1 atom stereocenters. The molecule has 0 saturated heterocycles. The van der Waals surface area contributed by atoms with Crippen LogP contribution in [0.25, 0.3) is 11.0 Å². The maximum atomic E-state index is 12.2. The van der Waals surface area contributed by atoms with Crippen LogP contribution >= 0.6 is 0 Å². The van der Waals surface area contributed by atoms with Gasteiger partial charge in [-0.2, -0.15) is 0 Å². The van der Waals surface area contributed by atoms with Crippen molar-refractivity contribution < 1.29 is 9.53 Å². The van der Waals surface area contributed by atoms with E-state index in [4.69, 9.17) is 9.72 Å². The molecule has 0 spiro atoms. The Balaban J connectivity index is 1.67. The van der Waals surface area contributed by atoms with Crippen LogP contribution in [0.5, 0.6) is 11.5 Å². The van der Waals surface area contributed by atoms with Crippen molar-refractivity contribution in [3.05, 3.63) is 47.5 Å². The molecule has 28 heavy (non-hydrogen) atoms. The third-order valence-electron chi connectivity index (χ3n) is 5.18. The largest absolute Gasteiger partial charge is 0.455 e. The smallest absolute Gasteiger partial charge is 0.269 e. The van der Waals surface area contributed by atoms with Crippen molar-refractivity contribution in [2.75, 3.05) is 27.7 Å². The lowest BCUT2D eigenvalue weighted by Crippen LogP contribution is -2.30. The zero-order valence-electron chi connectivity index (χ0n) is 16.7. The summed E-state index contributed by atoms with van der Waals surface area (Å²) in [6.45, 7) is 4.10. The third-order valence-corrected chi connectivity index (χ3v) is 5.18. The first-order valence-corrected chi connectivity index (χ1v) is 9.50. The van der Waals surface area contributed by atoms with E-state index in [1.54, 1.807) is 38.6 Å². The number of pyridine rings is 2. The number of aromatic nitrogens is 3. The molecule has 7 heteroatoms. The number of nitrogens with one attached hydrogen (secondary N) is 1. The molecule has 3 aromatic heterocycles. The van der Waals surface area contributed by atoms with Crippen molar-refractivity contribution in [3.8, 4) is 11.5 Å². The van der Waals surface area contributed by atoms with E-state index in [1.165, 1.54) is 16.2 Å². The molecule has 0 radical (unpaired) electrons. The summed E-state index contributed by atoms with van der Waals surface area (Å²) in [7, 11) is 5.57. The number of fused-ring (bicyclic) bond motifs is 2. The predicted octanol–water partition coefficient (Wildman–Crippen LogP) is 3.39. The number of ether oxygens (including phenoxy) is 1. The Morgan fingerprint density at radius 2 is 2.18 bits per heavy atom. The molecule has 146 valence electrons. The number of carbonyl (C=O) groups excluding carboxylic acids is 1. The van der Waals surface area contributed by atoms with Crippen LogP contribution in [0.4, 0.5) is 0 Å². The molecule has 0 aliphatic carbocycles. The molecule has 1 amide bonds. The summed E-state index contributed by atoms with van der Waals surface area (Å²) in [6, 6.07) is 5.67. The number of amides is 1. The normalized spacial score (nSPS) is 16.8. The molecule has 0 saturated carbocycles. The number of nitrogens with zero attached hydrogens (tertiary/aromatic N) is 4. The van der Waals surface area contributed by atoms with Crippen molar-refractivity contribution >= 4 is 16.9 Å². The van der Waals surface area contributed by atoms with E-state index >= 15 is 0 Å². The Morgan fingerprint density at radius 1 is 1.36 bits per heavy atom. The zero-order valence-corrected chi connectivity index (χ0v) is 16.7. The summed E-state index contributed by atoms with van der Waals surface area (Å²) >= 11 is 0. The second kappa shape index (κ2) is 7.24. The Kier molecular flexibility index (Phi) is 4.77. The van der Waals surface area contributed by atoms with Crippen LogP contribution in [0.3, 0.4) is 0 Å². The minimum Gasteiger partial charge on any atom is -0.455 e. The SMILES string of the molecule is CCC1CN(C)Cc2cc(Oc3ccnc4[nH]c(C(=O)N(C)C)cc34)cnc21. The summed E-state index contributed by atoms with van der Waals surface area (Å²) in [5.74, 6) is 1.70. The molecule has 1 unspecified atom stereocenters. The minimum absolute atomic E-state index is 0.104. The Labute approximate surface area is 164 Å². The van der Waals surface area contributed by atoms with Gasteiger partial charge in [0, 0.05) is 45.0 Å². The lowest BCUT2D eigenvalue weighted by molar-refractivity contribution is 0.0823. The summed E-state index contributed by atoms with van der Waals surface area (Å²) in [5, 5.41) is 0.772. The highest BCUT2D eigenvalue weighted by Gasteiger charge is 2.24.